The smallest absolute Gasteiger partial charge is 0.208 e. The first kappa shape index (κ1) is 20.6. The predicted octanol–water partition coefficient (Wildman–Crippen LogP) is 3.78. The van der Waals surface area contributed by atoms with Crippen molar-refractivity contribution in [3.8, 4) is 0 Å². The molecule has 2 bridgehead atoms. The molecule has 4 nitrogen and oxygen atoms in total. The van der Waals surface area contributed by atoms with E-state index in [2.05, 4.69) is 65.2 Å². The Labute approximate surface area is 175 Å². The van der Waals surface area contributed by atoms with Gasteiger partial charge in [-0.1, -0.05) is 60.7 Å². The van der Waals surface area contributed by atoms with E-state index in [0.717, 1.165) is 6.42 Å². The third kappa shape index (κ3) is 4.42. The van der Waals surface area contributed by atoms with Crippen LogP contribution in [0.25, 0.3) is 0 Å². The second-order valence-corrected chi connectivity index (χ2v) is 10.8. The fourth-order valence-corrected chi connectivity index (χ4v) is 6.14. The minimum atomic E-state index is -3.29. The number of sulfonamides is 1. The summed E-state index contributed by atoms with van der Waals surface area (Å²) >= 11 is 0. The zero-order chi connectivity index (χ0) is 20.5. The average molecular weight is 413 g/mol. The summed E-state index contributed by atoms with van der Waals surface area (Å²) in [4.78, 5) is 2.57. The van der Waals surface area contributed by atoms with E-state index in [1.54, 1.807) is 0 Å². The van der Waals surface area contributed by atoms with Gasteiger partial charge in [-0.05, 0) is 56.2 Å². The lowest BCUT2D eigenvalue weighted by molar-refractivity contribution is 0.119. The lowest BCUT2D eigenvalue weighted by Gasteiger charge is -2.43. The highest BCUT2D eigenvalue weighted by molar-refractivity contribution is 7.88. The fraction of sp³-hybridized carbons (Fsp3) is 0.500. The molecule has 2 aromatic rings. The quantitative estimate of drug-likeness (QED) is 0.753. The first-order valence-electron chi connectivity index (χ1n) is 10.6. The number of benzene rings is 2. The van der Waals surface area contributed by atoms with Crippen LogP contribution in [0.3, 0.4) is 0 Å². The Morgan fingerprint density at radius 2 is 1.41 bits per heavy atom. The Balaban J connectivity index is 1.74. The van der Waals surface area contributed by atoms with E-state index in [1.165, 1.54) is 43.1 Å². The van der Waals surface area contributed by atoms with Crippen molar-refractivity contribution in [1.82, 2.24) is 9.62 Å². The minimum Gasteiger partial charge on any atom is -0.300 e. The Kier molecular flexibility index (Phi) is 5.83. The van der Waals surface area contributed by atoms with E-state index in [1.807, 2.05) is 12.1 Å². The molecule has 0 unspecified atom stereocenters. The number of hydrogen-bond donors (Lipinski definition) is 1. The molecule has 2 heterocycles. The van der Waals surface area contributed by atoms with E-state index in [4.69, 9.17) is 0 Å². The molecule has 0 aromatic heterocycles. The largest absolute Gasteiger partial charge is 0.300 e. The molecular weight excluding hydrogens is 380 g/mol. The van der Waals surface area contributed by atoms with Gasteiger partial charge in [-0.15, -0.1) is 0 Å². The van der Waals surface area contributed by atoms with Crippen LogP contribution >= 0.6 is 0 Å². The molecule has 2 aliphatic rings. The first-order valence-corrected chi connectivity index (χ1v) is 12.5. The number of nitrogens with zero attached hydrogens (tertiary/aromatic N) is 1. The maximum Gasteiger partial charge on any atom is 0.208 e. The van der Waals surface area contributed by atoms with Crippen LogP contribution in [0.1, 0.15) is 43.2 Å². The van der Waals surface area contributed by atoms with Crippen molar-refractivity contribution in [2.24, 2.45) is 5.92 Å². The molecule has 1 N–H and O–H groups in total. The number of rotatable bonds is 7. The molecule has 0 spiro atoms. The van der Waals surface area contributed by atoms with Gasteiger partial charge in [0.2, 0.25) is 10.0 Å². The lowest BCUT2D eigenvalue weighted by Crippen LogP contribution is -2.46. The summed E-state index contributed by atoms with van der Waals surface area (Å²) in [5.74, 6) is 0.588. The average Bonchev–Trinajstić information content (AvgIpc) is 2.92. The van der Waals surface area contributed by atoms with Crippen molar-refractivity contribution in [3.05, 3.63) is 71.8 Å². The molecule has 2 aromatic carbocycles. The van der Waals surface area contributed by atoms with Crippen LogP contribution in [0.2, 0.25) is 0 Å². The second-order valence-electron chi connectivity index (χ2n) is 9.00. The van der Waals surface area contributed by atoms with Crippen LogP contribution in [-0.2, 0) is 15.4 Å². The summed E-state index contributed by atoms with van der Waals surface area (Å²) in [5.41, 5.74) is 2.01. The van der Waals surface area contributed by atoms with Gasteiger partial charge >= 0.3 is 0 Å². The summed E-state index contributed by atoms with van der Waals surface area (Å²) in [5, 5.41) is 0. The molecule has 3 atom stereocenters. The van der Waals surface area contributed by atoms with Crippen LogP contribution < -0.4 is 4.72 Å². The molecular formula is C24H32N2O2S. The van der Waals surface area contributed by atoms with E-state index in [0.29, 0.717) is 24.5 Å². The van der Waals surface area contributed by atoms with Crippen molar-refractivity contribution in [1.29, 1.82) is 0 Å². The monoisotopic (exact) mass is 412 g/mol. The van der Waals surface area contributed by atoms with E-state index >= 15 is 0 Å². The predicted molar refractivity (Wildman–Crippen MR) is 118 cm³/mol. The molecule has 2 saturated heterocycles. The number of hydrogen-bond acceptors (Lipinski definition) is 3. The summed E-state index contributed by atoms with van der Waals surface area (Å²) in [6.45, 7) is 0.390. The first-order chi connectivity index (χ1) is 13.9. The summed E-state index contributed by atoms with van der Waals surface area (Å²) in [6, 6.07) is 22.3. The maximum atomic E-state index is 12.1. The van der Waals surface area contributed by atoms with Gasteiger partial charge in [0.05, 0.1) is 6.26 Å². The van der Waals surface area contributed by atoms with Gasteiger partial charge in [-0.3, -0.25) is 0 Å². The van der Waals surface area contributed by atoms with Crippen LogP contribution in [0.4, 0.5) is 0 Å². The van der Waals surface area contributed by atoms with Crippen molar-refractivity contribution in [2.75, 3.05) is 19.8 Å². The molecule has 0 radical (unpaired) electrons. The zero-order valence-electron chi connectivity index (χ0n) is 17.4. The third-order valence-electron chi connectivity index (χ3n) is 7.12. The molecule has 29 heavy (non-hydrogen) atoms. The molecule has 5 heteroatoms. The topological polar surface area (TPSA) is 49.4 Å². The minimum absolute atomic E-state index is 0.369. The number of fused-ring (bicyclic) bond motifs is 2. The third-order valence-corrected chi connectivity index (χ3v) is 7.79. The molecule has 0 aliphatic carbocycles. The second kappa shape index (κ2) is 8.21. The summed E-state index contributed by atoms with van der Waals surface area (Å²) in [6.07, 6.45) is 7.21. The normalized spacial score (nSPS) is 25.2. The van der Waals surface area contributed by atoms with Crippen molar-refractivity contribution < 1.29 is 8.42 Å². The van der Waals surface area contributed by atoms with Crippen LogP contribution in [0.5, 0.6) is 0 Å². The van der Waals surface area contributed by atoms with E-state index in [-0.39, 0.29) is 5.41 Å². The zero-order valence-corrected chi connectivity index (χ0v) is 18.2. The molecule has 2 aliphatic heterocycles. The fourth-order valence-electron chi connectivity index (χ4n) is 5.63. The Morgan fingerprint density at radius 3 is 1.86 bits per heavy atom. The van der Waals surface area contributed by atoms with Crippen molar-refractivity contribution in [3.63, 3.8) is 0 Å². The molecule has 4 rings (SSSR count). The summed E-state index contributed by atoms with van der Waals surface area (Å²) in [7, 11) is -1.02. The molecule has 2 fully saturated rings. The Hall–Kier alpha value is -1.69. The van der Waals surface area contributed by atoms with Crippen LogP contribution in [0, 0.1) is 5.92 Å². The molecule has 156 valence electrons. The lowest BCUT2D eigenvalue weighted by atomic mass is 9.67. The molecule has 0 amide bonds. The van der Waals surface area contributed by atoms with Crippen LogP contribution in [0.15, 0.2) is 60.7 Å². The van der Waals surface area contributed by atoms with Gasteiger partial charge in [0.15, 0.2) is 0 Å². The maximum absolute atomic E-state index is 12.1. The standard InChI is InChI=1S/C24H32N2O2S/c1-26-22-13-14-23(26)16-19(15-22)17-24(18-25-29(2,27)28,20-9-5-3-6-10-20)21-11-7-4-8-12-21/h3-12,19,22-23,25H,13-18H2,1-2H3/t19-,22+,23-. The SMILES string of the molecule is CN1[C@@H]2CC[C@H]1C[C@@H](CC(CNS(C)(=O)=O)(c1ccccc1)c1ccccc1)C2. The van der Waals surface area contributed by atoms with Crippen LogP contribution in [-0.4, -0.2) is 45.2 Å². The van der Waals surface area contributed by atoms with Gasteiger partial charge in [0.25, 0.3) is 0 Å². The van der Waals surface area contributed by atoms with E-state index < -0.39 is 10.0 Å². The Bertz CT molecular complexity index is 861. The molecule has 0 saturated carbocycles. The summed E-state index contributed by atoms with van der Waals surface area (Å²) < 4.78 is 27.0. The van der Waals surface area contributed by atoms with E-state index in [9.17, 15) is 8.42 Å². The van der Waals surface area contributed by atoms with Gasteiger partial charge in [-0.25, -0.2) is 13.1 Å². The highest BCUT2D eigenvalue weighted by Crippen LogP contribution is 2.45. The highest BCUT2D eigenvalue weighted by atomic mass is 32.2. The van der Waals surface area contributed by atoms with Crippen molar-refractivity contribution >= 4 is 10.0 Å². The van der Waals surface area contributed by atoms with Gasteiger partial charge in [0.1, 0.15) is 0 Å². The number of piperidine rings is 1. The Morgan fingerprint density at radius 1 is 0.931 bits per heavy atom. The van der Waals surface area contributed by atoms with Gasteiger partial charge in [-0.2, -0.15) is 0 Å². The van der Waals surface area contributed by atoms with Gasteiger partial charge < -0.3 is 4.90 Å². The van der Waals surface area contributed by atoms with Crippen molar-refractivity contribution in [2.45, 2.75) is 49.6 Å². The van der Waals surface area contributed by atoms with Gasteiger partial charge in [0, 0.05) is 24.0 Å². The number of nitrogens with one attached hydrogen (secondary N) is 1. The highest BCUT2D eigenvalue weighted by Gasteiger charge is 2.43.